The highest BCUT2D eigenvalue weighted by molar-refractivity contribution is 9.10. The molecule has 103 heavy (non-hydrogen) atoms. The topological polar surface area (TPSA) is 291 Å². The number of nitrogens with one attached hydrogen (secondary N) is 3. The number of hydrogen-bond donors (Lipinski definition) is 7. The van der Waals surface area contributed by atoms with Crippen LogP contribution in [0.4, 0.5) is 17.1 Å². The van der Waals surface area contributed by atoms with Crippen LogP contribution in [-0.2, 0) is 67.5 Å². The average molecular weight is 1660 g/mol. The average Bonchev–Trinajstić information content (AvgIpc) is 1.50. The molecule has 10 rings (SSSR count). The molecule has 3 fully saturated rings. The Hall–Kier alpha value is -7.45. The molecule has 7 N–H and O–H groups in total. The molecule has 3 saturated heterocycles. The van der Waals surface area contributed by atoms with Gasteiger partial charge in [-0.1, -0.05) is 136 Å². The van der Waals surface area contributed by atoms with E-state index in [2.05, 4.69) is 57.6 Å². The Bertz CT molecular complexity index is 3960. The lowest BCUT2D eigenvalue weighted by atomic mass is 10.1. The summed E-state index contributed by atoms with van der Waals surface area (Å²) in [5.41, 5.74) is 4.72. The maximum atomic E-state index is 13.4. The van der Waals surface area contributed by atoms with Crippen molar-refractivity contribution in [2.75, 3.05) is 93.2 Å². The number of aliphatic hydroxyl groups excluding tert-OH is 4. The SMILES string of the molecule is C.C.C.CC(=O)O[C@@H](C(=O)NCc1cc(Br)cs1)[C@@H](OC(C)=O)C(=O)N1CCN(c2ccccc2Cl)CC1.O=C(NCc1cc(/C=C/c2ccccc2)cs1)[C@H](O)[C@@H](O)C(=O)N1CCN(c2ccccc2Cl)CC1.O=C(NCc1cc(Br)cs1)[C@H](O)[C@@H](O)C(=O)N1CCN(c2ccccc2Cl)CC1. The Morgan fingerprint density at radius 2 is 0.748 bits per heavy atom. The summed E-state index contributed by atoms with van der Waals surface area (Å²) in [5, 5.41) is 56.3. The van der Waals surface area contributed by atoms with E-state index < -0.39 is 84.0 Å². The van der Waals surface area contributed by atoms with Crippen molar-refractivity contribution in [3.8, 4) is 0 Å². The van der Waals surface area contributed by atoms with E-state index in [-0.39, 0.29) is 41.9 Å². The van der Waals surface area contributed by atoms with Crippen LogP contribution >= 0.6 is 101 Å². The molecule has 0 unspecified atom stereocenters. The Balaban J connectivity index is 0.000000276. The maximum absolute atomic E-state index is 13.4. The first-order valence-electron chi connectivity index (χ1n) is 31.5. The standard InChI is InChI=1S/C27H28ClN3O4S.C23H25BrClN3O6S.C19H21BrClN3O4S.3CH4/c28-22-8-4-5-9-23(22)30-12-14-31(15-13-30)27(35)25(33)24(32)26(34)29-17-21-16-20(18-36-21)11-10-19-6-2-1-3-7-19;1-14(29)33-20(22(31)26-12-17-11-16(24)13-35-17)21(34-15(2)30)23(32)28-9-7-27(8-10-28)19-6-4-3-5-18(19)25;20-12-9-13(29-11-12)10-22-18(27)16(25)17(26)19(28)24-7-5-23(6-8-24)15-4-2-1-3-14(15)21;;;/h1-11,16,18,24-25,32-33H,12-15,17H2,(H,29,34);3-6,11,13,20-21H,7-10,12H2,1-2H3,(H,26,31);1-4,9,11,16-17,25-26H,5-8,10H2,(H,22,27);3*1H4/b11-10+;;;;;/t24-,25-;20-,21-;16-,17-;;;/m111.../s1. The number of benzene rings is 4. The highest BCUT2D eigenvalue weighted by Gasteiger charge is 2.43. The number of nitrogens with zero attached hydrogens (tertiary/aromatic N) is 6. The molecule has 31 heteroatoms. The summed E-state index contributed by atoms with van der Waals surface area (Å²) in [6, 6.07) is 37.9. The highest BCUT2D eigenvalue weighted by atomic mass is 79.9. The third-order valence-corrected chi connectivity index (χ3v) is 21.2. The van der Waals surface area contributed by atoms with Gasteiger partial charge in [-0.3, -0.25) is 38.4 Å². The molecule has 0 spiro atoms. The van der Waals surface area contributed by atoms with E-state index in [9.17, 15) is 58.8 Å². The van der Waals surface area contributed by atoms with E-state index >= 15 is 0 Å². The van der Waals surface area contributed by atoms with Crippen LogP contribution in [0.3, 0.4) is 0 Å². The first kappa shape index (κ1) is 86.2. The smallest absolute Gasteiger partial charge is 0.303 e. The van der Waals surface area contributed by atoms with Gasteiger partial charge in [-0.05, 0) is 103 Å². The normalized spacial score (nSPS) is 15.3. The van der Waals surface area contributed by atoms with Crippen LogP contribution in [0.5, 0.6) is 0 Å². The van der Waals surface area contributed by atoms with Crippen LogP contribution in [0, 0.1) is 0 Å². The van der Waals surface area contributed by atoms with E-state index in [0.717, 1.165) is 65.6 Å². The van der Waals surface area contributed by atoms with Gasteiger partial charge in [-0.25, -0.2) is 0 Å². The zero-order valence-electron chi connectivity index (χ0n) is 54.2. The summed E-state index contributed by atoms with van der Waals surface area (Å²) in [6.07, 6.45) is -6.57. The molecule has 3 aliphatic heterocycles. The molecular formula is C72H86Br2Cl3N9O14S3. The van der Waals surface area contributed by atoms with Crippen LogP contribution in [-0.4, -0.2) is 198 Å². The molecule has 4 aromatic carbocycles. The molecule has 6 heterocycles. The van der Waals surface area contributed by atoms with Crippen molar-refractivity contribution >= 4 is 177 Å². The van der Waals surface area contributed by atoms with Gasteiger partial charge in [0, 0.05) is 127 Å². The molecule has 0 saturated carbocycles. The number of hydrogen-bond acceptors (Lipinski definition) is 20. The molecule has 0 aliphatic carbocycles. The second-order valence-electron chi connectivity index (χ2n) is 22.8. The maximum Gasteiger partial charge on any atom is 0.303 e. The lowest BCUT2D eigenvalue weighted by Crippen LogP contribution is -2.57. The largest absolute Gasteiger partial charge is 0.448 e. The number of para-hydroxylation sites is 3. The fourth-order valence-corrected chi connectivity index (χ4v) is 15.0. The van der Waals surface area contributed by atoms with Gasteiger partial charge in [0.1, 0.15) is 0 Å². The Kier molecular flexibility index (Phi) is 35.6. The molecule has 0 radical (unpaired) electrons. The minimum Gasteiger partial charge on any atom is -0.448 e. The summed E-state index contributed by atoms with van der Waals surface area (Å²) in [6.45, 7) is 7.95. The van der Waals surface area contributed by atoms with Crippen molar-refractivity contribution < 1.29 is 68.3 Å². The van der Waals surface area contributed by atoms with Crippen LogP contribution < -0.4 is 30.7 Å². The lowest BCUT2D eigenvalue weighted by Gasteiger charge is -2.38. The Morgan fingerprint density at radius 3 is 1.11 bits per heavy atom. The number of thiophene rings is 3. The van der Waals surface area contributed by atoms with Crippen molar-refractivity contribution in [1.82, 2.24) is 30.7 Å². The zero-order chi connectivity index (χ0) is 72.0. The van der Waals surface area contributed by atoms with Gasteiger partial charge >= 0.3 is 11.9 Å². The number of carbonyl (C=O) groups is 8. The first-order chi connectivity index (χ1) is 47.9. The molecule has 23 nitrogen and oxygen atoms in total. The Morgan fingerprint density at radius 1 is 0.427 bits per heavy atom. The zero-order valence-corrected chi connectivity index (χ0v) is 62.1. The van der Waals surface area contributed by atoms with Crippen molar-refractivity contribution in [2.45, 2.75) is 92.4 Å². The summed E-state index contributed by atoms with van der Waals surface area (Å²) in [7, 11) is 0. The highest BCUT2D eigenvalue weighted by Crippen LogP contribution is 2.30. The number of rotatable bonds is 22. The van der Waals surface area contributed by atoms with Gasteiger partial charge in [-0.2, -0.15) is 0 Å². The molecule has 6 atom stereocenters. The van der Waals surface area contributed by atoms with Crippen molar-refractivity contribution in [3.63, 3.8) is 0 Å². The minimum absolute atomic E-state index is 0. The number of anilines is 3. The fourth-order valence-electron chi connectivity index (χ4n) is 10.7. The lowest BCUT2D eigenvalue weighted by molar-refractivity contribution is -0.178. The molecule has 556 valence electrons. The number of halogens is 5. The number of piperazine rings is 3. The molecule has 6 amide bonds. The molecule has 7 aromatic rings. The number of amides is 6. The molecular weight excluding hydrogens is 1580 g/mol. The van der Waals surface area contributed by atoms with Gasteiger partial charge in [0.15, 0.2) is 24.4 Å². The van der Waals surface area contributed by atoms with E-state index in [4.69, 9.17) is 44.3 Å². The van der Waals surface area contributed by atoms with E-state index in [1.807, 2.05) is 148 Å². The van der Waals surface area contributed by atoms with Gasteiger partial charge in [0.25, 0.3) is 35.4 Å². The van der Waals surface area contributed by atoms with Crippen molar-refractivity contribution in [3.05, 3.63) is 187 Å². The number of esters is 2. The van der Waals surface area contributed by atoms with Gasteiger partial charge in [-0.15, -0.1) is 34.0 Å². The van der Waals surface area contributed by atoms with Crippen LogP contribution in [0.15, 0.2) is 146 Å². The van der Waals surface area contributed by atoms with Crippen LogP contribution in [0.25, 0.3) is 12.2 Å². The van der Waals surface area contributed by atoms with Gasteiger partial charge < -0.3 is 75.2 Å². The molecule has 3 aliphatic rings. The number of ether oxygens (including phenoxy) is 2. The number of aliphatic hydroxyl groups is 4. The summed E-state index contributed by atoms with van der Waals surface area (Å²) < 4.78 is 12.2. The van der Waals surface area contributed by atoms with Crippen LogP contribution in [0.1, 0.15) is 61.9 Å². The summed E-state index contributed by atoms with van der Waals surface area (Å²) in [5.74, 6) is -5.81. The Labute approximate surface area is 644 Å². The summed E-state index contributed by atoms with van der Waals surface area (Å²) in [4.78, 5) is 113. The summed E-state index contributed by atoms with van der Waals surface area (Å²) >= 11 is 29.8. The van der Waals surface area contributed by atoms with E-state index in [1.165, 1.54) is 48.7 Å². The van der Waals surface area contributed by atoms with E-state index in [0.29, 0.717) is 93.6 Å². The second kappa shape index (κ2) is 42.5. The van der Waals surface area contributed by atoms with Crippen molar-refractivity contribution in [1.29, 1.82) is 0 Å². The first-order valence-corrected chi connectivity index (χ1v) is 36.8. The van der Waals surface area contributed by atoms with Gasteiger partial charge in [0.05, 0.1) is 51.8 Å². The molecule has 0 bridgehead atoms. The fraction of sp³-hybridized carbons (Fsp3) is 0.361. The predicted molar refractivity (Wildman–Crippen MR) is 415 cm³/mol. The third-order valence-electron chi connectivity index (χ3n) is 15.9. The van der Waals surface area contributed by atoms with Crippen LogP contribution in [0.2, 0.25) is 15.1 Å². The minimum atomic E-state index is -1.85. The molecule has 3 aromatic heterocycles. The predicted octanol–water partition coefficient (Wildman–Crippen LogP) is 10.0. The van der Waals surface area contributed by atoms with Gasteiger partial charge in [0.2, 0.25) is 12.2 Å². The quantitative estimate of drug-likeness (QED) is 0.0311. The van der Waals surface area contributed by atoms with Crippen molar-refractivity contribution in [2.24, 2.45) is 0 Å². The number of carbonyl (C=O) groups excluding carboxylic acids is 8. The van der Waals surface area contributed by atoms with E-state index in [1.54, 1.807) is 6.07 Å². The third kappa shape index (κ3) is 25.4. The second-order valence-corrected chi connectivity index (χ2v) is 28.9. The monoisotopic (exact) mass is 1660 g/mol.